The Bertz CT molecular complexity index is 589. The smallest absolute Gasteiger partial charge is 0.136 e. The van der Waals surface area contributed by atoms with Crippen LogP contribution in [0.25, 0.3) is 0 Å². The molecule has 0 saturated carbocycles. The van der Waals surface area contributed by atoms with Gasteiger partial charge in [-0.3, -0.25) is 0 Å². The molecule has 0 bridgehead atoms. The van der Waals surface area contributed by atoms with Crippen molar-refractivity contribution in [3.05, 3.63) is 39.6 Å². The molecule has 0 aliphatic heterocycles. The summed E-state index contributed by atoms with van der Waals surface area (Å²) in [4.78, 5) is 8.60. The van der Waals surface area contributed by atoms with Gasteiger partial charge >= 0.3 is 0 Å². The molecule has 1 heterocycles. The summed E-state index contributed by atoms with van der Waals surface area (Å²) in [5, 5.41) is 3.77. The minimum atomic E-state index is 0.453. The summed E-state index contributed by atoms with van der Waals surface area (Å²) in [6, 6.07) is 7.30. The Balaban J connectivity index is 2.27. The second-order valence-corrected chi connectivity index (χ2v) is 5.42. The number of nitrogens with zero attached hydrogens (tertiary/aromatic N) is 2. The first kappa shape index (κ1) is 14.1. The topological polar surface area (TPSA) is 63.8 Å². The molecule has 1 aromatic heterocycles. The van der Waals surface area contributed by atoms with E-state index in [1.807, 2.05) is 18.2 Å². The van der Waals surface area contributed by atoms with Gasteiger partial charge < -0.3 is 11.1 Å². The second-order valence-electron chi connectivity index (χ2n) is 4.09. The largest absolute Gasteiger partial charge is 0.384 e. The van der Waals surface area contributed by atoms with Crippen molar-refractivity contribution in [3.63, 3.8) is 0 Å². The molecule has 6 heteroatoms. The lowest BCUT2D eigenvalue weighted by atomic mass is 10.3. The molecule has 3 N–H and O–H groups in total. The number of hydrogen-bond acceptors (Lipinski definition) is 4. The summed E-state index contributed by atoms with van der Waals surface area (Å²) >= 11 is 9.52. The van der Waals surface area contributed by atoms with Crippen LogP contribution in [0.15, 0.2) is 28.7 Å². The van der Waals surface area contributed by atoms with E-state index in [9.17, 15) is 0 Å². The summed E-state index contributed by atoms with van der Waals surface area (Å²) in [6.07, 6.45) is 1.77. The first-order valence-corrected chi connectivity index (χ1v) is 7.11. The van der Waals surface area contributed by atoms with Crippen molar-refractivity contribution in [2.75, 3.05) is 11.1 Å². The zero-order valence-electron chi connectivity index (χ0n) is 10.5. The summed E-state index contributed by atoms with van der Waals surface area (Å²) in [7, 11) is 0. The lowest BCUT2D eigenvalue weighted by Crippen LogP contribution is -2.03. The van der Waals surface area contributed by atoms with E-state index in [1.54, 1.807) is 6.07 Å². The number of benzene rings is 1. The maximum atomic E-state index is 6.15. The summed E-state index contributed by atoms with van der Waals surface area (Å²) in [5.74, 6) is 1.84. The standard InChI is InChI=1S/C13H14BrClN4/c1-2-3-12-18-11(16)7-13(19-12)17-10-5-4-8(14)6-9(10)15/h4-7H,2-3H2,1H3,(H3,16,17,18,19). The van der Waals surface area contributed by atoms with Crippen LogP contribution in [0.3, 0.4) is 0 Å². The van der Waals surface area contributed by atoms with E-state index < -0.39 is 0 Å². The molecule has 100 valence electrons. The molecule has 0 amide bonds. The number of rotatable bonds is 4. The predicted molar refractivity (Wildman–Crippen MR) is 82.9 cm³/mol. The van der Waals surface area contributed by atoms with Crippen LogP contribution < -0.4 is 11.1 Å². The fraction of sp³-hybridized carbons (Fsp3) is 0.231. The molecular weight excluding hydrogens is 328 g/mol. The summed E-state index contributed by atoms with van der Waals surface area (Å²) in [6.45, 7) is 2.07. The lowest BCUT2D eigenvalue weighted by Gasteiger charge is -2.09. The highest BCUT2D eigenvalue weighted by Crippen LogP contribution is 2.28. The molecule has 2 aromatic rings. The van der Waals surface area contributed by atoms with Crippen molar-refractivity contribution in [2.24, 2.45) is 0 Å². The average molecular weight is 342 g/mol. The second kappa shape index (κ2) is 6.21. The van der Waals surface area contributed by atoms with Crippen LogP contribution in [-0.2, 0) is 6.42 Å². The van der Waals surface area contributed by atoms with Crippen LogP contribution >= 0.6 is 27.5 Å². The van der Waals surface area contributed by atoms with E-state index in [1.165, 1.54) is 0 Å². The molecule has 0 atom stereocenters. The number of halogens is 2. The van der Waals surface area contributed by atoms with Crippen LogP contribution in [0.4, 0.5) is 17.3 Å². The normalized spacial score (nSPS) is 10.5. The fourth-order valence-electron chi connectivity index (χ4n) is 1.65. The third kappa shape index (κ3) is 3.81. The molecule has 1 aromatic carbocycles. The zero-order valence-corrected chi connectivity index (χ0v) is 12.8. The molecule has 0 aliphatic rings. The average Bonchev–Trinajstić information content (AvgIpc) is 2.32. The van der Waals surface area contributed by atoms with Crippen molar-refractivity contribution in [1.82, 2.24) is 9.97 Å². The van der Waals surface area contributed by atoms with Crippen LogP contribution in [0, 0.1) is 0 Å². The van der Waals surface area contributed by atoms with E-state index in [0.29, 0.717) is 16.7 Å². The fourth-order valence-corrected chi connectivity index (χ4v) is 2.37. The SMILES string of the molecule is CCCc1nc(N)cc(Nc2ccc(Br)cc2Cl)n1. The number of aromatic nitrogens is 2. The van der Waals surface area contributed by atoms with Gasteiger partial charge in [-0.25, -0.2) is 9.97 Å². The maximum absolute atomic E-state index is 6.15. The van der Waals surface area contributed by atoms with E-state index in [0.717, 1.165) is 28.8 Å². The van der Waals surface area contributed by atoms with Gasteiger partial charge in [0.25, 0.3) is 0 Å². The first-order chi connectivity index (χ1) is 9.08. The molecule has 0 unspecified atom stereocenters. The molecule has 19 heavy (non-hydrogen) atoms. The number of hydrogen-bond donors (Lipinski definition) is 2. The molecular formula is C13H14BrClN4. The number of nitrogens with one attached hydrogen (secondary N) is 1. The van der Waals surface area contributed by atoms with Crippen LogP contribution in [0.1, 0.15) is 19.2 Å². The van der Waals surface area contributed by atoms with Gasteiger partial charge in [-0.05, 0) is 24.6 Å². The van der Waals surface area contributed by atoms with Crippen molar-refractivity contribution >= 4 is 44.9 Å². The van der Waals surface area contributed by atoms with Crippen molar-refractivity contribution in [3.8, 4) is 0 Å². The van der Waals surface area contributed by atoms with E-state index in [-0.39, 0.29) is 0 Å². The Labute approximate surface area is 125 Å². The van der Waals surface area contributed by atoms with Gasteiger partial charge in [0.2, 0.25) is 0 Å². The van der Waals surface area contributed by atoms with Gasteiger partial charge in [-0.1, -0.05) is 34.5 Å². The van der Waals surface area contributed by atoms with Gasteiger partial charge in [-0.15, -0.1) is 0 Å². The molecule has 4 nitrogen and oxygen atoms in total. The highest BCUT2D eigenvalue weighted by atomic mass is 79.9. The quantitative estimate of drug-likeness (QED) is 0.876. The molecule has 2 rings (SSSR count). The Morgan fingerprint density at radius 2 is 2.11 bits per heavy atom. The maximum Gasteiger partial charge on any atom is 0.136 e. The number of aryl methyl sites for hydroxylation is 1. The van der Waals surface area contributed by atoms with Gasteiger partial charge in [0.1, 0.15) is 17.5 Å². The third-order valence-corrected chi connectivity index (χ3v) is 3.27. The Hall–Kier alpha value is -1.33. The molecule has 0 spiro atoms. The number of nitrogen functional groups attached to an aromatic ring is 1. The van der Waals surface area contributed by atoms with Crippen LogP contribution in [0.2, 0.25) is 5.02 Å². The highest BCUT2D eigenvalue weighted by Gasteiger charge is 2.05. The van der Waals surface area contributed by atoms with Crippen LogP contribution in [-0.4, -0.2) is 9.97 Å². The van der Waals surface area contributed by atoms with Crippen molar-refractivity contribution < 1.29 is 0 Å². The molecule has 0 radical (unpaired) electrons. The monoisotopic (exact) mass is 340 g/mol. The Morgan fingerprint density at radius 3 is 2.79 bits per heavy atom. The van der Waals surface area contributed by atoms with Gasteiger partial charge in [-0.2, -0.15) is 0 Å². The van der Waals surface area contributed by atoms with Gasteiger partial charge in [0, 0.05) is 17.0 Å². The summed E-state index contributed by atoms with van der Waals surface area (Å²) in [5.41, 5.74) is 6.56. The molecule has 0 aliphatic carbocycles. The summed E-state index contributed by atoms with van der Waals surface area (Å²) < 4.78 is 0.928. The zero-order chi connectivity index (χ0) is 13.8. The number of anilines is 3. The Kier molecular flexibility index (Phi) is 4.61. The minimum Gasteiger partial charge on any atom is -0.384 e. The Morgan fingerprint density at radius 1 is 1.32 bits per heavy atom. The van der Waals surface area contributed by atoms with Gasteiger partial charge in [0.05, 0.1) is 10.7 Å². The lowest BCUT2D eigenvalue weighted by molar-refractivity contribution is 0.839. The van der Waals surface area contributed by atoms with Gasteiger partial charge in [0.15, 0.2) is 0 Å². The predicted octanol–water partition coefficient (Wildman–Crippen LogP) is 4.17. The van der Waals surface area contributed by atoms with Crippen LogP contribution in [0.5, 0.6) is 0 Å². The third-order valence-electron chi connectivity index (χ3n) is 2.46. The van der Waals surface area contributed by atoms with Crippen molar-refractivity contribution in [1.29, 1.82) is 0 Å². The van der Waals surface area contributed by atoms with E-state index in [2.05, 4.69) is 38.1 Å². The minimum absolute atomic E-state index is 0.453. The molecule has 0 fully saturated rings. The molecule has 0 saturated heterocycles. The highest BCUT2D eigenvalue weighted by molar-refractivity contribution is 9.10. The first-order valence-electron chi connectivity index (χ1n) is 5.94. The van der Waals surface area contributed by atoms with E-state index in [4.69, 9.17) is 17.3 Å². The number of nitrogens with two attached hydrogens (primary N) is 1. The van der Waals surface area contributed by atoms with E-state index >= 15 is 0 Å². The van der Waals surface area contributed by atoms with Crippen molar-refractivity contribution in [2.45, 2.75) is 19.8 Å².